The third kappa shape index (κ3) is 3.50. The van der Waals surface area contributed by atoms with Crippen molar-refractivity contribution in [3.05, 3.63) is 66.2 Å². The maximum atomic E-state index is 13.5. The molecule has 1 aliphatic rings. The number of nitrogens with one attached hydrogen (secondary N) is 1. The molecule has 2 aromatic heterocycles. The molecule has 144 valence electrons. The van der Waals surface area contributed by atoms with Gasteiger partial charge in [0, 0.05) is 24.5 Å². The van der Waals surface area contributed by atoms with E-state index in [0.717, 1.165) is 42.6 Å². The molecule has 1 N–H and O–H groups in total. The summed E-state index contributed by atoms with van der Waals surface area (Å²) in [5.41, 5.74) is 3.66. The predicted octanol–water partition coefficient (Wildman–Crippen LogP) is 4.24. The molecule has 0 unspecified atom stereocenters. The summed E-state index contributed by atoms with van der Waals surface area (Å²) in [4.78, 5) is 19.5. The molecule has 1 atom stereocenters. The number of nitrogens with zero attached hydrogens (tertiary/aromatic N) is 3. The molecule has 1 amide bonds. The van der Waals surface area contributed by atoms with Crippen molar-refractivity contribution in [2.24, 2.45) is 0 Å². The second-order valence-electron chi connectivity index (χ2n) is 6.87. The third-order valence-corrected chi connectivity index (χ3v) is 5.17. The zero-order valence-corrected chi connectivity index (χ0v) is 16.0. The highest BCUT2D eigenvalue weighted by molar-refractivity contribution is 5.97. The first-order chi connectivity index (χ1) is 13.8. The van der Waals surface area contributed by atoms with Crippen molar-refractivity contribution in [2.75, 3.05) is 13.2 Å². The maximum absolute atomic E-state index is 13.5. The summed E-state index contributed by atoms with van der Waals surface area (Å²) in [6.45, 7) is 3.18. The van der Waals surface area contributed by atoms with Crippen LogP contribution in [0.5, 0.6) is 5.75 Å². The zero-order chi connectivity index (χ0) is 19.3. The Balaban J connectivity index is 1.69. The summed E-state index contributed by atoms with van der Waals surface area (Å²) in [5, 5.41) is 7.43. The third-order valence-electron chi connectivity index (χ3n) is 5.17. The van der Waals surface area contributed by atoms with Crippen LogP contribution in [0.3, 0.4) is 0 Å². The highest BCUT2D eigenvalue weighted by atomic mass is 16.5. The standard InChI is InChI=1S/C22H24N4O2/c1-2-28-20-9-4-3-7-17(20)22(27)26-14-6-5-8-19(26)21-18(15-24-25-21)16-10-12-23-13-11-16/h3-4,7,9-13,15,19H,2,5-6,8,14H2,1H3,(H,24,25)/t19-/m0/s1. The molecule has 1 saturated heterocycles. The minimum absolute atomic E-state index is 0.00373. The molecule has 0 bridgehead atoms. The van der Waals surface area contributed by atoms with E-state index in [4.69, 9.17) is 4.74 Å². The zero-order valence-electron chi connectivity index (χ0n) is 16.0. The average Bonchev–Trinajstić information content (AvgIpc) is 3.24. The van der Waals surface area contributed by atoms with Gasteiger partial charge >= 0.3 is 0 Å². The average molecular weight is 376 g/mol. The Morgan fingerprint density at radius 3 is 2.86 bits per heavy atom. The highest BCUT2D eigenvalue weighted by Gasteiger charge is 2.32. The number of aromatic amines is 1. The van der Waals surface area contributed by atoms with E-state index in [-0.39, 0.29) is 11.9 Å². The molecule has 1 fully saturated rings. The molecule has 0 saturated carbocycles. The predicted molar refractivity (Wildman–Crippen MR) is 107 cm³/mol. The minimum atomic E-state index is -0.0402. The molecular weight excluding hydrogens is 352 g/mol. The number of pyridine rings is 1. The normalized spacial score (nSPS) is 16.8. The van der Waals surface area contributed by atoms with E-state index < -0.39 is 0 Å². The quantitative estimate of drug-likeness (QED) is 0.723. The molecule has 6 nitrogen and oxygen atoms in total. The Morgan fingerprint density at radius 1 is 1.21 bits per heavy atom. The van der Waals surface area contributed by atoms with Crippen molar-refractivity contribution >= 4 is 5.91 Å². The SMILES string of the molecule is CCOc1ccccc1C(=O)N1CCCC[C@H]1c1[nH]ncc1-c1ccncc1. The lowest BCUT2D eigenvalue weighted by molar-refractivity contribution is 0.0602. The monoisotopic (exact) mass is 376 g/mol. The number of carbonyl (C=O) groups excluding carboxylic acids is 1. The number of ether oxygens (including phenoxy) is 1. The van der Waals surface area contributed by atoms with Gasteiger partial charge in [0.15, 0.2) is 0 Å². The van der Waals surface area contributed by atoms with Crippen LogP contribution in [-0.4, -0.2) is 39.1 Å². The Labute approximate surface area is 164 Å². The molecular formula is C22H24N4O2. The molecule has 1 aromatic carbocycles. The fourth-order valence-electron chi connectivity index (χ4n) is 3.87. The van der Waals surface area contributed by atoms with Gasteiger partial charge in [-0.3, -0.25) is 14.9 Å². The van der Waals surface area contributed by atoms with Gasteiger partial charge in [0.05, 0.1) is 30.1 Å². The molecule has 3 heterocycles. The number of amides is 1. The van der Waals surface area contributed by atoms with Gasteiger partial charge < -0.3 is 9.64 Å². The fourth-order valence-corrected chi connectivity index (χ4v) is 3.87. The van der Waals surface area contributed by atoms with Crippen molar-refractivity contribution in [3.63, 3.8) is 0 Å². The lowest BCUT2D eigenvalue weighted by Gasteiger charge is -2.36. The Hall–Kier alpha value is -3.15. The van der Waals surface area contributed by atoms with Gasteiger partial charge in [-0.25, -0.2) is 0 Å². The van der Waals surface area contributed by atoms with Crippen LogP contribution in [0.2, 0.25) is 0 Å². The first kappa shape index (κ1) is 18.2. The Bertz CT molecular complexity index is 938. The van der Waals surface area contributed by atoms with Crippen LogP contribution in [0.1, 0.15) is 48.3 Å². The van der Waals surface area contributed by atoms with E-state index in [9.17, 15) is 4.79 Å². The number of para-hydroxylation sites is 1. The van der Waals surface area contributed by atoms with Crippen LogP contribution < -0.4 is 4.74 Å². The summed E-state index contributed by atoms with van der Waals surface area (Å²) < 4.78 is 5.69. The first-order valence-electron chi connectivity index (χ1n) is 9.76. The fraction of sp³-hybridized carbons (Fsp3) is 0.318. The minimum Gasteiger partial charge on any atom is -0.493 e. The first-order valence-corrected chi connectivity index (χ1v) is 9.76. The van der Waals surface area contributed by atoms with Gasteiger partial charge in [0.25, 0.3) is 5.91 Å². The number of aromatic nitrogens is 3. The number of H-pyrrole nitrogens is 1. The van der Waals surface area contributed by atoms with E-state index in [0.29, 0.717) is 17.9 Å². The van der Waals surface area contributed by atoms with Crippen LogP contribution in [0.15, 0.2) is 55.0 Å². The molecule has 0 aliphatic carbocycles. The number of carbonyl (C=O) groups is 1. The summed E-state index contributed by atoms with van der Waals surface area (Å²) >= 11 is 0. The summed E-state index contributed by atoms with van der Waals surface area (Å²) in [5.74, 6) is 0.641. The van der Waals surface area contributed by atoms with E-state index in [1.807, 2.05) is 54.4 Å². The van der Waals surface area contributed by atoms with E-state index >= 15 is 0 Å². The maximum Gasteiger partial charge on any atom is 0.258 e. The second-order valence-corrected chi connectivity index (χ2v) is 6.87. The molecule has 3 aromatic rings. The van der Waals surface area contributed by atoms with Crippen LogP contribution in [-0.2, 0) is 0 Å². The van der Waals surface area contributed by atoms with E-state index in [1.54, 1.807) is 12.4 Å². The van der Waals surface area contributed by atoms with Gasteiger partial charge in [-0.1, -0.05) is 12.1 Å². The number of piperidine rings is 1. The van der Waals surface area contributed by atoms with Gasteiger partial charge in [-0.15, -0.1) is 0 Å². The lowest BCUT2D eigenvalue weighted by atomic mass is 9.94. The van der Waals surface area contributed by atoms with Crippen LogP contribution in [0, 0.1) is 0 Å². The summed E-state index contributed by atoms with van der Waals surface area (Å²) in [6, 6.07) is 11.4. The van der Waals surface area contributed by atoms with Crippen molar-refractivity contribution in [1.29, 1.82) is 0 Å². The molecule has 6 heteroatoms. The van der Waals surface area contributed by atoms with Crippen molar-refractivity contribution in [3.8, 4) is 16.9 Å². The topological polar surface area (TPSA) is 71.1 Å². The van der Waals surface area contributed by atoms with Crippen LogP contribution in [0.4, 0.5) is 0 Å². The molecule has 0 radical (unpaired) electrons. The number of likely N-dealkylation sites (tertiary alicyclic amines) is 1. The molecule has 0 spiro atoms. The number of hydrogen-bond donors (Lipinski definition) is 1. The molecule has 28 heavy (non-hydrogen) atoms. The highest BCUT2D eigenvalue weighted by Crippen LogP contribution is 2.37. The van der Waals surface area contributed by atoms with Gasteiger partial charge in [-0.05, 0) is 56.0 Å². The lowest BCUT2D eigenvalue weighted by Crippen LogP contribution is -2.39. The summed E-state index contributed by atoms with van der Waals surface area (Å²) in [7, 11) is 0. The van der Waals surface area contributed by atoms with Gasteiger partial charge in [0.2, 0.25) is 0 Å². The molecule has 4 rings (SSSR count). The Morgan fingerprint density at radius 2 is 2.04 bits per heavy atom. The van der Waals surface area contributed by atoms with Crippen molar-refractivity contribution < 1.29 is 9.53 Å². The van der Waals surface area contributed by atoms with Gasteiger partial charge in [-0.2, -0.15) is 5.10 Å². The second kappa shape index (κ2) is 8.25. The molecule has 1 aliphatic heterocycles. The van der Waals surface area contributed by atoms with E-state index in [1.165, 1.54) is 0 Å². The van der Waals surface area contributed by atoms with Crippen LogP contribution in [0.25, 0.3) is 11.1 Å². The largest absolute Gasteiger partial charge is 0.493 e. The van der Waals surface area contributed by atoms with Crippen LogP contribution >= 0.6 is 0 Å². The number of rotatable bonds is 5. The van der Waals surface area contributed by atoms with Gasteiger partial charge in [0.1, 0.15) is 5.75 Å². The summed E-state index contributed by atoms with van der Waals surface area (Å²) in [6.07, 6.45) is 8.36. The van der Waals surface area contributed by atoms with Crippen molar-refractivity contribution in [1.82, 2.24) is 20.1 Å². The van der Waals surface area contributed by atoms with Crippen molar-refractivity contribution in [2.45, 2.75) is 32.2 Å². The smallest absolute Gasteiger partial charge is 0.258 e. The number of hydrogen-bond acceptors (Lipinski definition) is 4. The van der Waals surface area contributed by atoms with E-state index in [2.05, 4.69) is 15.2 Å². The number of benzene rings is 1. The Kier molecular flexibility index (Phi) is 5.37.